The van der Waals surface area contributed by atoms with Crippen LogP contribution >= 0.6 is 0 Å². The molecule has 6 heteroatoms. The lowest BCUT2D eigenvalue weighted by atomic mass is 10.1. The highest BCUT2D eigenvalue weighted by atomic mass is 19.1. The standard InChI is InChI=1S/C13H13FN4O/c1-7-10(14)3-2-4-11(7)18-13-9(12(16)19)5-8(15)6-17-13/h2-6H,15H2,1H3,(H2,16,19)(H,17,18). The van der Waals surface area contributed by atoms with Gasteiger partial charge in [0, 0.05) is 11.3 Å². The van der Waals surface area contributed by atoms with Gasteiger partial charge in [-0.25, -0.2) is 9.37 Å². The quantitative estimate of drug-likeness (QED) is 0.786. The zero-order valence-electron chi connectivity index (χ0n) is 10.3. The van der Waals surface area contributed by atoms with Gasteiger partial charge in [-0.1, -0.05) is 6.07 Å². The Balaban J connectivity index is 2.44. The molecule has 0 unspecified atom stereocenters. The summed E-state index contributed by atoms with van der Waals surface area (Å²) in [4.78, 5) is 15.3. The summed E-state index contributed by atoms with van der Waals surface area (Å²) >= 11 is 0. The lowest BCUT2D eigenvalue weighted by Gasteiger charge is -2.12. The fourth-order valence-electron chi connectivity index (χ4n) is 1.64. The molecule has 1 aromatic heterocycles. The van der Waals surface area contributed by atoms with Crippen molar-refractivity contribution in [2.45, 2.75) is 6.92 Å². The van der Waals surface area contributed by atoms with Crippen molar-refractivity contribution in [3.05, 3.63) is 47.4 Å². The van der Waals surface area contributed by atoms with Crippen LogP contribution in [0.25, 0.3) is 0 Å². The van der Waals surface area contributed by atoms with Crippen LogP contribution in [0.15, 0.2) is 30.5 Å². The van der Waals surface area contributed by atoms with Crippen molar-refractivity contribution in [2.24, 2.45) is 5.73 Å². The molecule has 2 aromatic rings. The first kappa shape index (κ1) is 12.8. The Hall–Kier alpha value is -2.63. The zero-order valence-corrected chi connectivity index (χ0v) is 10.3. The number of hydrogen-bond acceptors (Lipinski definition) is 4. The average Bonchev–Trinajstić information content (AvgIpc) is 2.36. The van der Waals surface area contributed by atoms with Gasteiger partial charge < -0.3 is 16.8 Å². The first-order valence-corrected chi connectivity index (χ1v) is 5.56. The summed E-state index contributed by atoms with van der Waals surface area (Å²) in [6.07, 6.45) is 1.39. The number of anilines is 3. The molecule has 5 nitrogen and oxygen atoms in total. The van der Waals surface area contributed by atoms with Crippen LogP contribution in [0.2, 0.25) is 0 Å². The van der Waals surface area contributed by atoms with Crippen molar-refractivity contribution >= 4 is 23.1 Å². The molecule has 1 amide bonds. The molecule has 0 aliphatic rings. The Morgan fingerprint density at radius 2 is 2.16 bits per heavy atom. The van der Waals surface area contributed by atoms with Crippen LogP contribution in [-0.2, 0) is 0 Å². The first-order valence-electron chi connectivity index (χ1n) is 5.56. The van der Waals surface area contributed by atoms with Gasteiger partial charge in [-0.05, 0) is 25.1 Å². The highest BCUT2D eigenvalue weighted by Gasteiger charge is 2.12. The van der Waals surface area contributed by atoms with Crippen molar-refractivity contribution in [1.29, 1.82) is 0 Å². The smallest absolute Gasteiger partial charge is 0.252 e. The third-order valence-electron chi connectivity index (χ3n) is 2.70. The highest BCUT2D eigenvalue weighted by molar-refractivity contribution is 5.99. The van der Waals surface area contributed by atoms with E-state index in [-0.39, 0.29) is 17.2 Å². The van der Waals surface area contributed by atoms with Gasteiger partial charge in [-0.2, -0.15) is 0 Å². The molecule has 1 heterocycles. The van der Waals surface area contributed by atoms with Crippen molar-refractivity contribution in [3.8, 4) is 0 Å². The number of nitrogens with two attached hydrogens (primary N) is 2. The monoisotopic (exact) mass is 260 g/mol. The molecule has 98 valence electrons. The van der Waals surface area contributed by atoms with Gasteiger partial charge in [0.1, 0.15) is 11.6 Å². The van der Waals surface area contributed by atoms with Crippen LogP contribution in [0.4, 0.5) is 21.6 Å². The van der Waals surface area contributed by atoms with Crippen molar-refractivity contribution in [3.63, 3.8) is 0 Å². The maximum Gasteiger partial charge on any atom is 0.252 e. The Labute approximate surface area is 109 Å². The van der Waals surface area contributed by atoms with Gasteiger partial charge in [0.15, 0.2) is 0 Å². The SMILES string of the molecule is Cc1c(F)cccc1Nc1ncc(N)cc1C(N)=O. The number of hydrogen-bond donors (Lipinski definition) is 3. The van der Waals surface area contributed by atoms with Crippen molar-refractivity contribution in [2.75, 3.05) is 11.1 Å². The predicted molar refractivity (Wildman–Crippen MR) is 71.6 cm³/mol. The lowest BCUT2D eigenvalue weighted by molar-refractivity contribution is 0.100. The van der Waals surface area contributed by atoms with Gasteiger partial charge in [0.25, 0.3) is 5.91 Å². The Bertz CT molecular complexity index is 643. The number of halogens is 1. The molecule has 2 rings (SSSR count). The molecule has 0 spiro atoms. The zero-order chi connectivity index (χ0) is 14.0. The van der Waals surface area contributed by atoms with Crippen LogP contribution in [0.3, 0.4) is 0 Å². The molecule has 0 bridgehead atoms. The number of amides is 1. The molecule has 0 radical (unpaired) electrons. The van der Waals surface area contributed by atoms with Gasteiger partial charge in [-0.15, -0.1) is 0 Å². The number of aromatic nitrogens is 1. The van der Waals surface area contributed by atoms with E-state index in [4.69, 9.17) is 11.5 Å². The summed E-state index contributed by atoms with van der Waals surface area (Å²) < 4.78 is 13.4. The van der Waals surface area contributed by atoms with Crippen LogP contribution in [0.5, 0.6) is 0 Å². The van der Waals surface area contributed by atoms with E-state index < -0.39 is 5.91 Å². The number of benzene rings is 1. The fraction of sp³-hybridized carbons (Fsp3) is 0.0769. The maximum atomic E-state index is 13.4. The minimum atomic E-state index is -0.656. The van der Waals surface area contributed by atoms with Gasteiger partial charge >= 0.3 is 0 Å². The Morgan fingerprint density at radius 3 is 2.84 bits per heavy atom. The average molecular weight is 260 g/mol. The van der Waals surface area contributed by atoms with Gasteiger partial charge in [0.05, 0.1) is 17.4 Å². The van der Waals surface area contributed by atoms with E-state index in [1.54, 1.807) is 19.1 Å². The molecule has 0 fully saturated rings. The first-order chi connectivity index (χ1) is 8.99. The third kappa shape index (κ3) is 2.62. The summed E-state index contributed by atoms with van der Waals surface area (Å²) in [7, 11) is 0. The normalized spacial score (nSPS) is 10.2. The van der Waals surface area contributed by atoms with E-state index in [0.29, 0.717) is 16.9 Å². The van der Waals surface area contributed by atoms with E-state index in [1.165, 1.54) is 18.3 Å². The van der Waals surface area contributed by atoms with E-state index in [1.807, 2.05) is 0 Å². The highest BCUT2D eigenvalue weighted by Crippen LogP contribution is 2.24. The summed E-state index contributed by atoms with van der Waals surface area (Å²) in [5.41, 5.74) is 12.2. The number of nitrogen functional groups attached to an aromatic ring is 1. The van der Waals surface area contributed by atoms with Crippen LogP contribution in [0, 0.1) is 12.7 Å². The molecule has 0 atom stereocenters. The molecule has 5 N–H and O–H groups in total. The second-order valence-electron chi connectivity index (χ2n) is 4.07. The number of nitrogens with zero attached hydrogens (tertiary/aromatic N) is 1. The number of carbonyl (C=O) groups excluding carboxylic acids is 1. The third-order valence-corrected chi connectivity index (χ3v) is 2.70. The van der Waals surface area contributed by atoms with Crippen LogP contribution in [0.1, 0.15) is 15.9 Å². The van der Waals surface area contributed by atoms with Gasteiger partial charge in [-0.3, -0.25) is 4.79 Å². The van der Waals surface area contributed by atoms with E-state index in [9.17, 15) is 9.18 Å². The second-order valence-corrected chi connectivity index (χ2v) is 4.07. The predicted octanol–water partition coefficient (Wildman–Crippen LogP) is 1.95. The van der Waals surface area contributed by atoms with E-state index in [0.717, 1.165) is 0 Å². The minimum Gasteiger partial charge on any atom is -0.397 e. The summed E-state index contributed by atoms with van der Waals surface area (Å²) in [5.74, 6) is -0.757. The lowest BCUT2D eigenvalue weighted by Crippen LogP contribution is -2.15. The molecule has 19 heavy (non-hydrogen) atoms. The van der Waals surface area contributed by atoms with Crippen molar-refractivity contribution in [1.82, 2.24) is 4.98 Å². The number of rotatable bonds is 3. The topological polar surface area (TPSA) is 94.0 Å². The van der Waals surface area contributed by atoms with E-state index >= 15 is 0 Å². The number of primary amides is 1. The Kier molecular flexibility index (Phi) is 3.33. The fourth-order valence-corrected chi connectivity index (χ4v) is 1.64. The maximum absolute atomic E-state index is 13.4. The number of carbonyl (C=O) groups is 1. The molecule has 0 aliphatic carbocycles. The Morgan fingerprint density at radius 1 is 1.42 bits per heavy atom. The molecule has 0 saturated heterocycles. The molecule has 1 aromatic carbocycles. The summed E-state index contributed by atoms with van der Waals surface area (Å²) in [6, 6.07) is 6.02. The molecular formula is C13H13FN4O. The largest absolute Gasteiger partial charge is 0.397 e. The van der Waals surface area contributed by atoms with Gasteiger partial charge in [0.2, 0.25) is 0 Å². The molecule has 0 aliphatic heterocycles. The second kappa shape index (κ2) is 4.93. The van der Waals surface area contributed by atoms with Crippen molar-refractivity contribution < 1.29 is 9.18 Å². The van der Waals surface area contributed by atoms with Crippen LogP contribution in [-0.4, -0.2) is 10.9 Å². The summed E-state index contributed by atoms with van der Waals surface area (Å²) in [6.45, 7) is 1.62. The number of pyridine rings is 1. The molecule has 0 saturated carbocycles. The molecular weight excluding hydrogens is 247 g/mol. The van der Waals surface area contributed by atoms with Crippen LogP contribution < -0.4 is 16.8 Å². The summed E-state index contributed by atoms with van der Waals surface area (Å²) in [5, 5.41) is 2.88. The minimum absolute atomic E-state index is 0.156. The number of nitrogens with one attached hydrogen (secondary N) is 1. The van der Waals surface area contributed by atoms with E-state index in [2.05, 4.69) is 10.3 Å².